The van der Waals surface area contributed by atoms with Gasteiger partial charge in [0.1, 0.15) is 0 Å². The molecule has 0 aromatic heterocycles. The highest BCUT2D eigenvalue weighted by atomic mass is 35.5. The van der Waals surface area contributed by atoms with Gasteiger partial charge in [0, 0.05) is 36.0 Å². The Morgan fingerprint density at radius 1 is 1.23 bits per heavy atom. The molecule has 26 heavy (non-hydrogen) atoms. The van der Waals surface area contributed by atoms with Crippen LogP contribution in [0.4, 0.5) is 5.69 Å². The molecule has 1 unspecified atom stereocenters. The zero-order valence-electron chi connectivity index (χ0n) is 15.1. The van der Waals surface area contributed by atoms with Crippen LogP contribution >= 0.6 is 35.8 Å². The van der Waals surface area contributed by atoms with E-state index in [2.05, 4.69) is 17.3 Å². The van der Waals surface area contributed by atoms with Gasteiger partial charge in [0.05, 0.1) is 6.04 Å². The molecule has 1 aliphatic carbocycles. The average Bonchev–Trinajstić information content (AvgIpc) is 2.79. The van der Waals surface area contributed by atoms with Crippen molar-refractivity contribution in [2.45, 2.75) is 57.0 Å². The second kappa shape index (κ2) is 10.4. The molecule has 0 spiro atoms. The van der Waals surface area contributed by atoms with Crippen LogP contribution in [0.5, 0.6) is 0 Å². The van der Waals surface area contributed by atoms with Gasteiger partial charge in [0.25, 0.3) is 0 Å². The Kier molecular flexibility index (Phi) is 8.58. The van der Waals surface area contributed by atoms with Gasteiger partial charge in [0.2, 0.25) is 5.91 Å². The monoisotopic (exact) mass is 415 g/mol. The second-order valence-corrected chi connectivity index (χ2v) is 8.32. The number of aliphatic imine (C=N–C) groups is 1. The van der Waals surface area contributed by atoms with Crippen molar-refractivity contribution in [1.29, 1.82) is 0 Å². The topological polar surface area (TPSA) is 44.7 Å². The van der Waals surface area contributed by atoms with E-state index in [1.54, 1.807) is 23.9 Å². The number of anilines is 1. The number of amides is 1. The van der Waals surface area contributed by atoms with Crippen molar-refractivity contribution in [3.63, 3.8) is 0 Å². The SMILES string of the molecule is CN1C(=NC2CCCCCC2)SCC1CC(=O)Nc1ccc(Cl)cc1.Cl. The van der Waals surface area contributed by atoms with Crippen molar-refractivity contribution in [3.8, 4) is 0 Å². The summed E-state index contributed by atoms with van der Waals surface area (Å²) in [6.07, 6.45) is 8.18. The van der Waals surface area contributed by atoms with E-state index >= 15 is 0 Å². The lowest BCUT2D eigenvalue weighted by atomic mass is 10.1. The van der Waals surface area contributed by atoms with Crippen LogP contribution in [0.25, 0.3) is 0 Å². The molecular formula is C19H27Cl2N3OS. The summed E-state index contributed by atoms with van der Waals surface area (Å²) in [7, 11) is 2.07. The first-order valence-electron chi connectivity index (χ1n) is 9.10. The minimum Gasteiger partial charge on any atom is -0.350 e. The molecule has 1 N–H and O–H groups in total. The summed E-state index contributed by atoms with van der Waals surface area (Å²) in [5.41, 5.74) is 0.787. The summed E-state index contributed by atoms with van der Waals surface area (Å²) >= 11 is 7.66. The Morgan fingerprint density at radius 3 is 2.54 bits per heavy atom. The molecule has 2 aliphatic rings. The first-order chi connectivity index (χ1) is 12.1. The van der Waals surface area contributed by atoms with Gasteiger partial charge in [-0.25, -0.2) is 0 Å². The summed E-state index contributed by atoms with van der Waals surface area (Å²) in [5.74, 6) is 0.964. The van der Waals surface area contributed by atoms with E-state index in [4.69, 9.17) is 16.6 Å². The van der Waals surface area contributed by atoms with Gasteiger partial charge < -0.3 is 10.2 Å². The van der Waals surface area contributed by atoms with Crippen LogP contribution in [0.15, 0.2) is 29.3 Å². The molecule has 1 aromatic rings. The van der Waals surface area contributed by atoms with Crippen molar-refractivity contribution in [1.82, 2.24) is 4.90 Å². The average molecular weight is 416 g/mol. The van der Waals surface area contributed by atoms with E-state index in [0.717, 1.165) is 16.6 Å². The largest absolute Gasteiger partial charge is 0.350 e. The fraction of sp³-hybridized carbons (Fsp3) is 0.579. The lowest BCUT2D eigenvalue weighted by Gasteiger charge is -2.21. The Labute approximate surface area is 171 Å². The molecule has 1 aliphatic heterocycles. The van der Waals surface area contributed by atoms with Crippen LogP contribution in [0.1, 0.15) is 44.9 Å². The third-order valence-corrected chi connectivity index (χ3v) is 6.38. The molecule has 0 radical (unpaired) electrons. The highest BCUT2D eigenvalue weighted by Gasteiger charge is 2.29. The van der Waals surface area contributed by atoms with E-state index in [0.29, 0.717) is 17.5 Å². The minimum absolute atomic E-state index is 0. The van der Waals surface area contributed by atoms with Crippen LogP contribution in [-0.2, 0) is 4.79 Å². The number of amidine groups is 1. The molecule has 1 aromatic carbocycles. The number of halogens is 2. The molecular weight excluding hydrogens is 389 g/mol. The molecule has 144 valence electrons. The van der Waals surface area contributed by atoms with E-state index in [1.165, 1.54) is 38.5 Å². The number of hydrogen-bond donors (Lipinski definition) is 1. The minimum atomic E-state index is 0. The van der Waals surface area contributed by atoms with Crippen molar-refractivity contribution in [3.05, 3.63) is 29.3 Å². The second-order valence-electron chi connectivity index (χ2n) is 6.89. The third kappa shape index (κ3) is 6.07. The van der Waals surface area contributed by atoms with Crippen molar-refractivity contribution in [2.75, 3.05) is 18.1 Å². The maximum Gasteiger partial charge on any atom is 0.226 e. The number of hydrogen-bond acceptors (Lipinski definition) is 3. The molecule has 1 saturated heterocycles. The summed E-state index contributed by atoms with van der Waals surface area (Å²) in [6.45, 7) is 0. The number of carbonyl (C=O) groups excluding carboxylic acids is 1. The Hall–Kier alpha value is -0.910. The van der Waals surface area contributed by atoms with Gasteiger partial charge >= 0.3 is 0 Å². The van der Waals surface area contributed by atoms with Crippen LogP contribution in [0.2, 0.25) is 5.02 Å². The first kappa shape index (κ1) is 21.4. The molecule has 1 heterocycles. The quantitative estimate of drug-likeness (QED) is 0.685. The number of nitrogens with zero attached hydrogens (tertiary/aromatic N) is 2. The molecule has 3 rings (SSSR count). The van der Waals surface area contributed by atoms with Crippen LogP contribution in [0.3, 0.4) is 0 Å². The third-order valence-electron chi connectivity index (χ3n) is 4.92. The normalized spacial score (nSPS) is 22.8. The smallest absolute Gasteiger partial charge is 0.226 e. The summed E-state index contributed by atoms with van der Waals surface area (Å²) < 4.78 is 0. The molecule has 0 bridgehead atoms. The molecule has 1 amide bonds. The lowest BCUT2D eigenvalue weighted by Crippen LogP contribution is -2.34. The van der Waals surface area contributed by atoms with E-state index in [1.807, 2.05) is 12.1 Å². The fourth-order valence-corrected chi connectivity index (χ4v) is 4.75. The van der Waals surface area contributed by atoms with Gasteiger partial charge in [0.15, 0.2) is 5.17 Å². The Balaban J connectivity index is 0.00000243. The Morgan fingerprint density at radius 2 is 1.88 bits per heavy atom. The maximum atomic E-state index is 12.3. The number of carbonyl (C=O) groups is 1. The first-order valence-corrected chi connectivity index (χ1v) is 10.5. The number of nitrogens with one attached hydrogen (secondary N) is 1. The van der Waals surface area contributed by atoms with Crippen LogP contribution in [-0.4, -0.2) is 40.9 Å². The molecule has 1 saturated carbocycles. The highest BCUT2D eigenvalue weighted by molar-refractivity contribution is 8.14. The Bertz CT molecular complexity index is 616. The van der Waals surface area contributed by atoms with Crippen molar-refractivity contribution >= 4 is 52.5 Å². The fourth-order valence-electron chi connectivity index (χ4n) is 3.37. The predicted octanol–water partition coefficient (Wildman–Crippen LogP) is 5.22. The van der Waals surface area contributed by atoms with Gasteiger partial charge in [-0.15, -0.1) is 12.4 Å². The number of rotatable bonds is 4. The van der Waals surface area contributed by atoms with Gasteiger partial charge in [-0.1, -0.05) is 49.0 Å². The molecule has 2 fully saturated rings. The summed E-state index contributed by atoms with van der Waals surface area (Å²) in [4.78, 5) is 19.5. The lowest BCUT2D eigenvalue weighted by molar-refractivity contribution is -0.116. The van der Waals surface area contributed by atoms with Crippen molar-refractivity contribution in [2.24, 2.45) is 4.99 Å². The number of thioether (sulfide) groups is 1. The number of benzene rings is 1. The van der Waals surface area contributed by atoms with Crippen LogP contribution in [0, 0.1) is 0 Å². The molecule has 7 heteroatoms. The highest BCUT2D eigenvalue weighted by Crippen LogP contribution is 2.28. The van der Waals surface area contributed by atoms with Gasteiger partial charge in [-0.2, -0.15) is 0 Å². The molecule has 4 nitrogen and oxygen atoms in total. The van der Waals surface area contributed by atoms with Crippen LogP contribution < -0.4 is 5.32 Å². The maximum absolute atomic E-state index is 12.3. The molecule has 1 atom stereocenters. The van der Waals surface area contributed by atoms with E-state index in [-0.39, 0.29) is 24.4 Å². The van der Waals surface area contributed by atoms with E-state index < -0.39 is 0 Å². The van der Waals surface area contributed by atoms with Gasteiger partial charge in [-0.05, 0) is 37.1 Å². The van der Waals surface area contributed by atoms with E-state index in [9.17, 15) is 4.79 Å². The van der Waals surface area contributed by atoms with Gasteiger partial charge in [-0.3, -0.25) is 9.79 Å². The predicted molar refractivity (Wildman–Crippen MR) is 115 cm³/mol. The summed E-state index contributed by atoms with van der Waals surface area (Å²) in [5, 5.41) is 4.73. The zero-order chi connectivity index (χ0) is 17.6. The summed E-state index contributed by atoms with van der Waals surface area (Å²) in [6, 6.07) is 7.90. The zero-order valence-corrected chi connectivity index (χ0v) is 17.5. The standard InChI is InChI=1S/C19H26ClN3OS.ClH/c1-23-17(12-18(24)21-16-10-8-14(20)9-11-16)13-25-19(23)22-15-6-4-2-3-5-7-15;/h8-11,15,17H,2-7,12-13H2,1H3,(H,21,24);1H. The van der Waals surface area contributed by atoms with Crippen molar-refractivity contribution < 1.29 is 4.79 Å².